The summed E-state index contributed by atoms with van der Waals surface area (Å²) < 4.78 is 0.832. The van der Waals surface area contributed by atoms with Crippen LogP contribution in [0.2, 0.25) is 0 Å². The van der Waals surface area contributed by atoms with Crippen molar-refractivity contribution in [3.8, 4) is 6.07 Å². The van der Waals surface area contributed by atoms with Gasteiger partial charge in [-0.05, 0) is 28.1 Å². The topological polar surface area (TPSA) is 57.0 Å². The van der Waals surface area contributed by atoms with Crippen LogP contribution in [0.25, 0.3) is 0 Å². The van der Waals surface area contributed by atoms with E-state index in [-0.39, 0.29) is 5.91 Å². The van der Waals surface area contributed by atoms with Gasteiger partial charge in [-0.25, -0.2) is 4.98 Å². The van der Waals surface area contributed by atoms with Crippen LogP contribution < -0.4 is 0 Å². The van der Waals surface area contributed by atoms with Gasteiger partial charge in [-0.2, -0.15) is 5.26 Å². The van der Waals surface area contributed by atoms with Gasteiger partial charge in [-0.3, -0.25) is 4.79 Å². The Labute approximate surface area is 96.7 Å². The standard InChI is InChI=1S/C10H10BrN3O/c1-14(6-2-5-12)10(15)9-4-3-8(11)7-13-9/h3-4,7H,2,6H2,1H3. The lowest BCUT2D eigenvalue weighted by Crippen LogP contribution is -2.28. The number of hydrogen-bond acceptors (Lipinski definition) is 3. The van der Waals surface area contributed by atoms with Gasteiger partial charge in [-0.1, -0.05) is 0 Å². The highest BCUT2D eigenvalue weighted by atomic mass is 79.9. The molecule has 0 atom stereocenters. The Bertz CT molecular complexity index is 383. The molecule has 78 valence electrons. The number of pyridine rings is 1. The molecule has 0 aliphatic carbocycles. The minimum Gasteiger partial charge on any atom is -0.339 e. The van der Waals surface area contributed by atoms with E-state index in [1.807, 2.05) is 6.07 Å². The number of carbonyl (C=O) groups excluding carboxylic acids is 1. The quantitative estimate of drug-likeness (QED) is 0.840. The Balaban J connectivity index is 2.68. The van der Waals surface area contributed by atoms with E-state index in [0.29, 0.717) is 18.7 Å². The fraction of sp³-hybridized carbons (Fsp3) is 0.300. The predicted octanol–water partition coefficient (Wildman–Crippen LogP) is 1.83. The molecule has 0 fully saturated rings. The molecule has 0 radical (unpaired) electrons. The first kappa shape index (κ1) is 11.7. The third kappa shape index (κ3) is 3.33. The van der Waals surface area contributed by atoms with Crippen molar-refractivity contribution in [1.82, 2.24) is 9.88 Å². The maximum Gasteiger partial charge on any atom is 0.272 e. The second kappa shape index (κ2) is 5.47. The highest BCUT2D eigenvalue weighted by molar-refractivity contribution is 9.10. The van der Waals surface area contributed by atoms with E-state index in [0.717, 1.165) is 4.47 Å². The molecular weight excluding hydrogens is 258 g/mol. The van der Waals surface area contributed by atoms with Crippen LogP contribution in [0, 0.1) is 11.3 Å². The van der Waals surface area contributed by atoms with Crippen molar-refractivity contribution in [2.45, 2.75) is 6.42 Å². The maximum absolute atomic E-state index is 11.7. The smallest absolute Gasteiger partial charge is 0.272 e. The molecule has 0 aliphatic heterocycles. The van der Waals surface area contributed by atoms with Crippen molar-refractivity contribution in [2.75, 3.05) is 13.6 Å². The summed E-state index contributed by atoms with van der Waals surface area (Å²) in [7, 11) is 1.66. The third-order valence-corrected chi connectivity index (χ3v) is 2.32. The first-order chi connectivity index (χ1) is 7.15. The molecule has 1 heterocycles. The van der Waals surface area contributed by atoms with E-state index in [9.17, 15) is 4.79 Å². The monoisotopic (exact) mass is 267 g/mol. The first-order valence-electron chi connectivity index (χ1n) is 4.39. The largest absolute Gasteiger partial charge is 0.339 e. The van der Waals surface area contributed by atoms with Gasteiger partial charge in [0.15, 0.2) is 0 Å². The molecule has 0 spiro atoms. The number of rotatable bonds is 3. The SMILES string of the molecule is CN(CCC#N)C(=O)c1ccc(Br)cn1. The number of amides is 1. The van der Waals surface area contributed by atoms with Crippen molar-refractivity contribution >= 4 is 21.8 Å². The maximum atomic E-state index is 11.7. The fourth-order valence-electron chi connectivity index (χ4n) is 1.02. The summed E-state index contributed by atoms with van der Waals surface area (Å²) in [6.07, 6.45) is 1.91. The highest BCUT2D eigenvalue weighted by Gasteiger charge is 2.11. The van der Waals surface area contributed by atoms with Crippen molar-refractivity contribution < 1.29 is 4.79 Å². The second-order valence-corrected chi connectivity index (χ2v) is 3.91. The molecule has 0 unspecified atom stereocenters. The lowest BCUT2D eigenvalue weighted by molar-refractivity contribution is 0.0792. The second-order valence-electron chi connectivity index (χ2n) is 3.00. The van der Waals surface area contributed by atoms with E-state index in [1.54, 1.807) is 25.4 Å². The summed E-state index contributed by atoms with van der Waals surface area (Å²) in [4.78, 5) is 17.2. The van der Waals surface area contributed by atoms with Crippen molar-refractivity contribution in [1.29, 1.82) is 5.26 Å². The van der Waals surface area contributed by atoms with E-state index in [4.69, 9.17) is 5.26 Å². The zero-order valence-electron chi connectivity index (χ0n) is 8.27. The molecule has 1 aromatic heterocycles. The zero-order chi connectivity index (χ0) is 11.3. The Morgan fingerprint density at radius 2 is 2.40 bits per heavy atom. The van der Waals surface area contributed by atoms with Crippen LogP contribution in [0.5, 0.6) is 0 Å². The molecule has 4 nitrogen and oxygen atoms in total. The van der Waals surface area contributed by atoms with E-state index < -0.39 is 0 Å². The fourth-order valence-corrected chi connectivity index (χ4v) is 1.25. The van der Waals surface area contributed by atoms with Crippen LogP contribution in [-0.2, 0) is 0 Å². The molecule has 0 N–H and O–H groups in total. The molecule has 0 saturated heterocycles. The van der Waals surface area contributed by atoms with Crippen LogP contribution >= 0.6 is 15.9 Å². The molecule has 0 bridgehead atoms. The summed E-state index contributed by atoms with van der Waals surface area (Å²) >= 11 is 3.24. The molecule has 1 amide bonds. The lowest BCUT2D eigenvalue weighted by atomic mass is 10.3. The normalized spacial score (nSPS) is 9.40. The Morgan fingerprint density at radius 1 is 1.67 bits per heavy atom. The van der Waals surface area contributed by atoms with E-state index >= 15 is 0 Å². The van der Waals surface area contributed by atoms with Crippen LogP contribution in [0.4, 0.5) is 0 Å². The van der Waals surface area contributed by atoms with Crippen LogP contribution in [-0.4, -0.2) is 29.4 Å². The molecule has 1 rings (SSSR count). The summed E-state index contributed by atoms with van der Waals surface area (Å²) in [5, 5.41) is 8.39. The molecule has 15 heavy (non-hydrogen) atoms. The predicted molar refractivity (Wildman–Crippen MR) is 59.1 cm³/mol. The average molecular weight is 268 g/mol. The summed E-state index contributed by atoms with van der Waals surface area (Å²) in [5.41, 5.74) is 0.388. The van der Waals surface area contributed by atoms with Gasteiger partial charge < -0.3 is 4.90 Å². The number of nitriles is 1. The lowest BCUT2D eigenvalue weighted by Gasteiger charge is -2.14. The Morgan fingerprint density at radius 3 is 2.93 bits per heavy atom. The molecule has 5 heteroatoms. The Hall–Kier alpha value is -1.41. The van der Waals surface area contributed by atoms with Gasteiger partial charge in [0.2, 0.25) is 0 Å². The number of carbonyl (C=O) groups is 1. The highest BCUT2D eigenvalue weighted by Crippen LogP contribution is 2.08. The summed E-state index contributed by atoms with van der Waals surface area (Å²) in [6, 6.07) is 5.40. The third-order valence-electron chi connectivity index (χ3n) is 1.85. The van der Waals surface area contributed by atoms with Gasteiger partial charge >= 0.3 is 0 Å². The van der Waals surface area contributed by atoms with Gasteiger partial charge in [-0.15, -0.1) is 0 Å². The minimum atomic E-state index is -0.169. The van der Waals surface area contributed by atoms with Crippen molar-refractivity contribution in [3.63, 3.8) is 0 Å². The summed E-state index contributed by atoms with van der Waals surface area (Å²) in [6.45, 7) is 0.424. The van der Waals surface area contributed by atoms with Gasteiger partial charge in [0.25, 0.3) is 5.91 Å². The molecule has 0 aromatic carbocycles. The van der Waals surface area contributed by atoms with E-state index in [1.165, 1.54) is 4.90 Å². The van der Waals surface area contributed by atoms with E-state index in [2.05, 4.69) is 20.9 Å². The van der Waals surface area contributed by atoms with Gasteiger partial charge in [0.1, 0.15) is 5.69 Å². The van der Waals surface area contributed by atoms with Crippen LogP contribution in [0.15, 0.2) is 22.8 Å². The molecule has 0 aliphatic rings. The number of halogens is 1. The minimum absolute atomic E-state index is 0.169. The van der Waals surface area contributed by atoms with Gasteiger partial charge in [0.05, 0.1) is 12.5 Å². The first-order valence-corrected chi connectivity index (χ1v) is 5.18. The van der Waals surface area contributed by atoms with Crippen LogP contribution in [0.1, 0.15) is 16.9 Å². The molecule has 1 aromatic rings. The average Bonchev–Trinajstić information content (AvgIpc) is 2.26. The van der Waals surface area contributed by atoms with Gasteiger partial charge in [0, 0.05) is 24.3 Å². The number of nitrogens with zero attached hydrogens (tertiary/aromatic N) is 3. The summed E-state index contributed by atoms with van der Waals surface area (Å²) in [5.74, 6) is -0.169. The molecule has 0 saturated carbocycles. The van der Waals surface area contributed by atoms with Crippen molar-refractivity contribution in [2.24, 2.45) is 0 Å². The number of hydrogen-bond donors (Lipinski definition) is 0. The zero-order valence-corrected chi connectivity index (χ0v) is 9.86. The number of aromatic nitrogens is 1. The Kier molecular flexibility index (Phi) is 4.25. The molecular formula is C10H10BrN3O. The van der Waals surface area contributed by atoms with Crippen LogP contribution in [0.3, 0.4) is 0 Å². The van der Waals surface area contributed by atoms with Crippen molar-refractivity contribution in [3.05, 3.63) is 28.5 Å².